The maximum Gasteiger partial charge on any atom is 0.309 e. The fourth-order valence-electron chi connectivity index (χ4n) is 0. The molecule has 0 aliphatic carbocycles. The van der Waals surface area contributed by atoms with Gasteiger partial charge in [-0.1, -0.05) is 0 Å². The number of nitrogens with two attached hydrogens (primary N) is 3. The summed E-state index contributed by atoms with van der Waals surface area (Å²) in [4.78, 5) is 9.00. The monoisotopic (exact) mass is 93.1 g/mol. The fourth-order valence-corrected chi connectivity index (χ4v) is 0. The normalized spacial score (nSPS) is 5.00. The molecule has 0 aliphatic heterocycles. The van der Waals surface area contributed by atoms with Crippen molar-refractivity contribution in [3.63, 3.8) is 0 Å². The van der Waals surface area contributed by atoms with E-state index in [0.717, 1.165) is 0 Å². The van der Waals surface area contributed by atoms with Crippen molar-refractivity contribution in [1.29, 1.82) is 0 Å². The SMILES string of the molecule is NC(N)=O.NO. The Balaban J connectivity index is 0. The summed E-state index contributed by atoms with van der Waals surface area (Å²) in [5.74, 6) is 3.50. The van der Waals surface area contributed by atoms with Gasteiger partial charge in [-0.3, -0.25) is 0 Å². The van der Waals surface area contributed by atoms with E-state index in [2.05, 4.69) is 17.4 Å². The lowest BCUT2D eigenvalue weighted by molar-refractivity contribution is 0.256. The lowest BCUT2D eigenvalue weighted by Crippen LogP contribution is -2.18. The standard InChI is InChI=1S/CH4N2O.H3NO/c2-1(3)4;1-2/h(H4,2,3,4);2H,1H2. The predicted octanol–water partition coefficient (Wildman–Crippen LogP) is -1.64. The van der Waals surface area contributed by atoms with Gasteiger partial charge in [0, 0.05) is 0 Å². The van der Waals surface area contributed by atoms with Crippen LogP contribution in [0.4, 0.5) is 4.79 Å². The van der Waals surface area contributed by atoms with E-state index in [-0.39, 0.29) is 0 Å². The molecule has 2 amide bonds. The van der Waals surface area contributed by atoms with Crippen molar-refractivity contribution < 1.29 is 10.0 Å². The summed E-state index contributed by atoms with van der Waals surface area (Å²) in [6.45, 7) is 0. The number of primary amides is 2. The quantitative estimate of drug-likeness (QED) is 0.269. The molecule has 5 nitrogen and oxygen atoms in total. The third kappa shape index (κ3) is 23.3. The van der Waals surface area contributed by atoms with Crippen molar-refractivity contribution >= 4 is 6.03 Å². The van der Waals surface area contributed by atoms with Crippen molar-refractivity contribution in [2.24, 2.45) is 17.4 Å². The Morgan fingerprint density at radius 2 is 1.33 bits per heavy atom. The summed E-state index contributed by atoms with van der Waals surface area (Å²) in [7, 11) is 0. The van der Waals surface area contributed by atoms with Gasteiger partial charge in [-0.15, -0.1) is 0 Å². The molecular formula is CH7N3O2. The highest BCUT2D eigenvalue weighted by atomic mass is 16.4. The van der Waals surface area contributed by atoms with Crippen LogP contribution in [0.2, 0.25) is 0 Å². The van der Waals surface area contributed by atoms with Crippen LogP contribution in [0.25, 0.3) is 0 Å². The van der Waals surface area contributed by atoms with E-state index < -0.39 is 6.03 Å². The topological polar surface area (TPSA) is 115 Å². The number of carbonyl (C=O) groups excluding carboxylic acids is 1. The van der Waals surface area contributed by atoms with Crippen molar-refractivity contribution in [3.8, 4) is 0 Å². The smallest absolute Gasteiger partial charge is 0.309 e. The van der Waals surface area contributed by atoms with E-state index in [9.17, 15) is 0 Å². The number of urea groups is 1. The number of hydrogen-bond donors (Lipinski definition) is 4. The Labute approximate surface area is 34.7 Å². The van der Waals surface area contributed by atoms with Crippen LogP contribution in [0.1, 0.15) is 0 Å². The van der Waals surface area contributed by atoms with E-state index in [4.69, 9.17) is 10.0 Å². The van der Waals surface area contributed by atoms with Crippen LogP contribution in [0.5, 0.6) is 0 Å². The maximum atomic E-state index is 9.00. The molecule has 0 radical (unpaired) electrons. The molecular weight excluding hydrogens is 86.0 g/mol. The Bertz CT molecular complexity index is 31.8. The van der Waals surface area contributed by atoms with Gasteiger partial charge in [-0.25, -0.2) is 10.7 Å². The number of hydrogen-bond acceptors (Lipinski definition) is 3. The lowest BCUT2D eigenvalue weighted by atomic mass is 11.2. The summed E-state index contributed by atoms with van der Waals surface area (Å²) >= 11 is 0. The third-order valence-corrected chi connectivity index (χ3v) is 0. The first kappa shape index (κ1) is 8.95. The van der Waals surface area contributed by atoms with E-state index in [1.807, 2.05) is 0 Å². The van der Waals surface area contributed by atoms with Gasteiger partial charge in [0.15, 0.2) is 0 Å². The van der Waals surface area contributed by atoms with Crippen molar-refractivity contribution in [1.82, 2.24) is 0 Å². The van der Waals surface area contributed by atoms with Crippen LogP contribution in [0, 0.1) is 0 Å². The molecule has 5 heteroatoms. The lowest BCUT2D eigenvalue weighted by Gasteiger charge is -1.62. The first-order valence-corrected chi connectivity index (χ1v) is 1.04. The number of amides is 2. The zero-order chi connectivity index (χ0) is 5.58. The van der Waals surface area contributed by atoms with Crippen molar-refractivity contribution in [3.05, 3.63) is 0 Å². The van der Waals surface area contributed by atoms with Gasteiger partial charge in [-0.2, -0.15) is 0 Å². The molecule has 7 N–H and O–H groups in total. The second-order valence-electron chi connectivity index (χ2n) is 0.402. The summed E-state index contributed by atoms with van der Waals surface area (Å²) in [5, 5.41) is 6.50. The zero-order valence-corrected chi connectivity index (χ0v) is 3.09. The maximum absolute atomic E-state index is 9.00. The molecule has 0 saturated heterocycles. The predicted molar refractivity (Wildman–Crippen MR) is 19.7 cm³/mol. The minimum atomic E-state index is -0.833. The number of rotatable bonds is 0. The number of carbonyl (C=O) groups is 1. The molecule has 0 atom stereocenters. The Morgan fingerprint density at radius 1 is 1.33 bits per heavy atom. The van der Waals surface area contributed by atoms with Gasteiger partial charge in [0.1, 0.15) is 0 Å². The van der Waals surface area contributed by atoms with Crippen molar-refractivity contribution in [2.45, 2.75) is 0 Å². The molecule has 0 aliphatic rings. The summed E-state index contributed by atoms with van der Waals surface area (Å²) < 4.78 is 0. The van der Waals surface area contributed by atoms with Gasteiger partial charge in [0.05, 0.1) is 0 Å². The molecule has 0 unspecified atom stereocenters. The molecule has 0 rings (SSSR count). The minimum absolute atomic E-state index is 0.833. The molecule has 0 saturated carbocycles. The highest BCUT2D eigenvalue weighted by Gasteiger charge is 1.60. The first-order valence-electron chi connectivity index (χ1n) is 1.04. The van der Waals surface area contributed by atoms with Crippen LogP contribution in [-0.4, -0.2) is 11.2 Å². The third-order valence-electron chi connectivity index (χ3n) is 0. The second kappa shape index (κ2) is 8.89. The summed E-state index contributed by atoms with van der Waals surface area (Å²) in [6.07, 6.45) is 0. The molecule has 0 aromatic heterocycles. The van der Waals surface area contributed by atoms with Gasteiger partial charge >= 0.3 is 6.03 Å². The highest BCUT2D eigenvalue weighted by molar-refractivity contribution is 5.69. The molecule has 6 heavy (non-hydrogen) atoms. The van der Waals surface area contributed by atoms with E-state index in [1.165, 1.54) is 0 Å². The molecule has 0 aromatic carbocycles. The Kier molecular flexibility index (Phi) is 13.3. The van der Waals surface area contributed by atoms with E-state index >= 15 is 0 Å². The molecule has 0 spiro atoms. The molecule has 0 heterocycles. The second-order valence-corrected chi connectivity index (χ2v) is 0.402. The average molecular weight is 93.1 g/mol. The van der Waals surface area contributed by atoms with E-state index in [1.54, 1.807) is 0 Å². The van der Waals surface area contributed by atoms with Gasteiger partial charge in [0.25, 0.3) is 0 Å². The van der Waals surface area contributed by atoms with Gasteiger partial charge < -0.3 is 16.7 Å². The molecule has 0 aromatic rings. The average Bonchev–Trinajstić information content (AvgIpc) is 1.41. The largest absolute Gasteiger partial charge is 0.352 e. The van der Waals surface area contributed by atoms with Gasteiger partial charge in [-0.05, 0) is 0 Å². The molecule has 0 fully saturated rings. The zero-order valence-electron chi connectivity index (χ0n) is 3.09. The Hall–Kier alpha value is -0.810. The van der Waals surface area contributed by atoms with Crippen LogP contribution in [-0.2, 0) is 0 Å². The van der Waals surface area contributed by atoms with Crippen LogP contribution in [0.3, 0.4) is 0 Å². The van der Waals surface area contributed by atoms with Crippen LogP contribution < -0.4 is 17.4 Å². The molecule has 38 valence electrons. The summed E-state index contributed by atoms with van der Waals surface area (Å²) in [5.41, 5.74) is 8.50. The van der Waals surface area contributed by atoms with E-state index in [0.29, 0.717) is 0 Å². The van der Waals surface area contributed by atoms with Crippen LogP contribution in [0.15, 0.2) is 0 Å². The first-order chi connectivity index (χ1) is 2.73. The Morgan fingerprint density at radius 3 is 1.33 bits per heavy atom. The summed E-state index contributed by atoms with van der Waals surface area (Å²) in [6, 6.07) is -0.833. The molecule has 0 bridgehead atoms. The van der Waals surface area contributed by atoms with Crippen LogP contribution >= 0.6 is 0 Å². The minimum Gasteiger partial charge on any atom is -0.352 e. The van der Waals surface area contributed by atoms with Gasteiger partial charge in [0.2, 0.25) is 0 Å². The van der Waals surface area contributed by atoms with Crippen molar-refractivity contribution in [2.75, 3.05) is 0 Å². The fraction of sp³-hybridized carbons (Fsp3) is 0. The highest BCUT2D eigenvalue weighted by Crippen LogP contribution is 1.25.